The predicted octanol–water partition coefficient (Wildman–Crippen LogP) is 3.65. The number of nitrogens with one attached hydrogen (secondary N) is 1. The molecule has 0 fully saturated rings. The topological polar surface area (TPSA) is 79.3 Å². The van der Waals surface area contributed by atoms with Crippen molar-refractivity contribution in [3.05, 3.63) is 57.3 Å². The van der Waals surface area contributed by atoms with E-state index < -0.39 is 11.9 Å². The van der Waals surface area contributed by atoms with Crippen molar-refractivity contribution in [1.82, 2.24) is 4.98 Å². The van der Waals surface area contributed by atoms with Gasteiger partial charge in [0.1, 0.15) is 5.15 Å². The summed E-state index contributed by atoms with van der Waals surface area (Å²) in [5.74, 6) is -1.68. The van der Waals surface area contributed by atoms with Crippen molar-refractivity contribution in [2.75, 3.05) is 5.32 Å². The van der Waals surface area contributed by atoms with Crippen LogP contribution in [-0.2, 0) is 0 Å². The molecule has 5 nitrogen and oxygen atoms in total. The first-order valence-electron chi connectivity index (χ1n) is 5.85. The molecule has 1 aromatic carbocycles. The maximum atomic E-state index is 12.2. The molecule has 0 saturated carbocycles. The standard InChI is InChI=1S/C14H10Cl2N2O3/c1-7-3-2-4-10(12(7)14(20)21)18-13(19)8-5-11(16)17-6-9(8)15/h2-6H,1H3,(H,18,19)(H,20,21). The van der Waals surface area contributed by atoms with Crippen LogP contribution in [0.25, 0.3) is 0 Å². The van der Waals surface area contributed by atoms with Crippen molar-refractivity contribution >= 4 is 40.8 Å². The summed E-state index contributed by atoms with van der Waals surface area (Å²) >= 11 is 11.6. The van der Waals surface area contributed by atoms with Crippen LogP contribution in [0.2, 0.25) is 10.2 Å². The van der Waals surface area contributed by atoms with E-state index in [1.165, 1.54) is 18.3 Å². The Balaban J connectivity index is 2.39. The van der Waals surface area contributed by atoms with Crippen molar-refractivity contribution in [2.24, 2.45) is 0 Å². The SMILES string of the molecule is Cc1cccc(NC(=O)c2cc(Cl)ncc2Cl)c1C(=O)O. The number of carboxylic acids is 1. The van der Waals surface area contributed by atoms with Gasteiger partial charge in [0.15, 0.2) is 0 Å². The number of aryl methyl sites for hydroxylation is 1. The number of carbonyl (C=O) groups excluding carboxylic acids is 1. The summed E-state index contributed by atoms with van der Waals surface area (Å²) in [6.07, 6.45) is 1.26. The largest absolute Gasteiger partial charge is 0.478 e. The van der Waals surface area contributed by atoms with Gasteiger partial charge in [-0.15, -0.1) is 0 Å². The lowest BCUT2D eigenvalue weighted by molar-refractivity contribution is 0.0697. The molecule has 2 rings (SSSR count). The van der Waals surface area contributed by atoms with Gasteiger partial charge in [0, 0.05) is 6.20 Å². The van der Waals surface area contributed by atoms with E-state index in [-0.39, 0.29) is 27.0 Å². The Bertz CT molecular complexity index is 732. The lowest BCUT2D eigenvalue weighted by Crippen LogP contribution is -2.16. The number of carbonyl (C=O) groups is 2. The maximum Gasteiger partial charge on any atom is 0.338 e. The number of rotatable bonds is 3. The number of hydrogen-bond acceptors (Lipinski definition) is 3. The monoisotopic (exact) mass is 324 g/mol. The minimum absolute atomic E-state index is 0.0297. The van der Waals surface area contributed by atoms with Crippen LogP contribution in [-0.4, -0.2) is 22.0 Å². The Morgan fingerprint density at radius 3 is 2.67 bits per heavy atom. The van der Waals surface area contributed by atoms with Crippen LogP contribution in [0.1, 0.15) is 26.3 Å². The zero-order chi connectivity index (χ0) is 15.6. The number of benzene rings is 1. The summed E-state index contributed by atoms with van der Waals surface area (Å²) in [7, 11) is 0. The molecule has 1 heterocycles. The number of halogens is 2. The number of anilines is 1. The highest BCUT2D eigenvalue weighted by molar-refractivity contribution is 6.35. The van der Waals surface area contributed by atoms with Crippen molar-refractivity contribution < 1.29 is 14.7 Å². The van der Waals surface area contributed by atoms with Gasteiger partial charge in [-0.05, 0) is 24.6 Å². The first kappa shape index (κ1) is 15.3. The van der Waals surface area contributed by atoms with E-state index in [0.717, 1.165) is 0 Å². The van der Waals surface area contributed by atoms with Gasteiger partial charge in [0.25, 0.3) is 5.91 Å². The normalized spacial score (nSPS) is 10.2. The molecule has 0 spiro atoms. The van der Waals surface area contributed by atoms with E-state index in [9.17, 15) is 14.7 Å². The maximum absolute atomic E-state index is 12.2. The second-order valence-electron chi connectivity index (χ2n) is 4.24. The van der Waals surface area contributed by atoms with E-state index in [2.05, 4.69) is 10.3 Å². The minimum Gasteiger partial charge on any atom is -0.478 e. The Kier molecular flexibility index (Phi) is 4.45. The average Bonchev–Trinajstić information content (AvgIpc) is 2.41. The zero-order valence-electron chi connectivity index (χ0n) is 10.9. The third-order valence-corrected chi connectivity index (χ3v) is 3.31. The van der Waals surface area contributed by atoms with Crippen molar-refractivity contribution in [3.8, 4) is 0 Å². The highest BCUT2D eigenvalue weighted by Crippen LogP contribution is 2.23. The molecule has 0 aliphatic rings. The molecular weight excluding hydrogens is 315 g/mol. The number of carboxylic acid groups (broad SMARTS) is 1. The zero-order valence-corrected chi connectivity index (χ0v) is 12.4. The summed E-state index contributed by atoms with van der Waals surface area (Å²) in [5, 5.41) is 12.0. The van der Waals surface area contributed by atoms with Gasteiger partial charge < -0.3 is 10.4 Å². The molecule has 0 bridgehead atoms. The fourth-order valence-electron chi connectivity index (χ4n) is 1.83. The van der Waals surface area contributed by atoms with E-state index in [1.807, 2.05) is 0 Å². The predicted molar refractivity (Wildman–Crippen MR) is 80.3 cm³/mol. The molecule has 1 amide bonds. The lowest BCUT2D eigenvalue weighted by atomic mass is 10.1. The van der Waals surface area contributed by atoms with Crippen LogP contribution in [0.3, 0.4) is 0 Å². The van der Waals surface area contributed by atoms with Crippen LogP contribution < -0.4 is 5.32 Å². The number of hydrogen-bond donors (Lipinski definition) is 2. The van der Waals surface area contributed by atoms with Crippen molar-refractivity contribution in [2.45, 2.75) is 6.92 Å². The number of amides is 1. The van der Waals surface area contributed by atoms with E-state index in [1.54, 1.807) is 19.1 Å². The van der Waals surface area contributed by atoms with Crippen LogP contribution in [0.4, 0.5) is 5.69 Å². The molecule has 0 aliphatic heterocycles. The first-order valence-corrected chi connectivity index (χ1v) is 6.61. The number of pyridine rings is 1. The fourth-order valence-corrected chi connectivity index (χ4v) is 2.18. The highest BCUT2D eigenvalue weighted by atomic mass is 35.5. The lowest BCUT2D eigenvalue weighted by Gasteiger charge is -2.11. The Hall–Kier alpha value is -2.11. The average molecular weight is 325 g/mol. The second kappa shape index (κ2) is 6.11. The molecule has 0 aliphatic carbocycles. The minimum atomic E-state index is -1.12. The van der Waals surface area contributed by atoms with Gasteiger partial charge in [-0.2, -0.15) is 0 Å². The van der Waals surface area contributed by atoms with E-state index >= 15 is 0 Å². The number of aromatic carboxylic acids is 1. The summed E-state index contributed by atoms with van der Waals surface area (Å²) < 4.78 is 0. The molecule has 0 saturated heterocycles. The molecule has 21 heavy (non-hydrogen) atoms. The molecule has 2 aromatic rings. The molecule has 0 unspecified atom stereocenters. The van der Waals surface area contributed by atoms with Crippen LogP contribution in [0, 0.1) is 6.92 Å². The van der Waals surface area contributed by atoms with Gasteiger partial charge in [-0.3, -0.25) is 4.79 Å². The summed E-state index contributed by atoms with van der Waals surface area (Å²) in [4.78, 5) is 27.2. The summed E-state index contributed by atoms with van der Waals surface area (Å²) in [6, 6.07) is 6.12. The quantitative estimate of drug-likeness (QED) is 0.844. The molecule has 7 heteroatoms. The molecule has 108 valence electrons. The van der Waals surface area contributed by atoms with Crippen LogP contribution in [0.5, 0.6) is 0 Å². The molecule has 0 atom stereocenters. The first-order chi connectivity index (χ1) is 9.90. The van der Waals surface area contributed by atoms with E-state index in [0.29, 0.717) is 5.56 Å². The van der Waals surface area contributed by atoms with Crippen LogP contribution in [0.15, 0.2) is 30.5 Å². The van der Waals surface area contributed by atoms with Crippen molar-refractivity contribution in [1.29, 1.82) is 0 Å². The van der Waals surface area contributed by atoms with E-state index in [4.69, 9.17) is 23.2 Å². The fraction of sp³-hybridized carbons (Fsp3) is 0.0714. The number of aromatic nitrogens is 1. The van der Waals surface area contributed by atoms with Gasteiger partial charge in [-0.1, -0.05) is 35.3 Å². The highest BCUT2D eigenvalue weighted by Gasteiger charge is 2.17. The van der Waals surface area contributed by atoms with Gasteiger partial charge in [0.05, 0.1) is 21.8 Å². The second-order valence-corrected chi connectivity index (χ2v) is 5.04. The molecule has 1 aromatic heterocycles. The third kappa shape index (κ3) is 3.32. The van der Waals surface area contributed by atoms with Crippen LogP contribution >= 0.6 is 23.2 Å². The van der Waals surface area contributed by atoms with Gasteiger partial charge >= 0.3 is 5.97 Å². The summed E-state index contributed by atoms with van der Waals surface area (Å²) in [6.45, 7) is 1.65. The third-order valence-electron chi connectivity index (χ3n) is 2.80. The molecule has 0 radical (unpaired) electrons. The Morgan fingerprint density at radius 2 is 2.00 bits per heavy atom. The van der Waals surface area contributed by atoms with Crippen molar-refractivity contribution in [3.63, 3.8) is 0 Å². The smallest absolute Gasteiger partial charge is 0.338 e. The Morgan fingerprint density at radius 1 is 1.29 bits per heavy atom. The Labute approximate surface area is 130 Å². The van der Waals surface area contributed by atoms with Gasteiger partial charge in [0.2, 0.25) is 0 Å². The van der Waals surface area contributed by atoms with Gasteiger partial charge in [-0.25, -0.2) is 9.78 Å². The molecule has 2 N–H and O–H groups in total. The number of nitrogens with zero attached hydrogens (tertiary/aromatic N) is 1. The summed E-state index contributed by atoms with van der Waals surface area (Å²) in [5.41, 5.74) is 0.882. The molecular formula is C14H10Cl2N2O3.